The van der Waals surface area contributed by atoms with Crippen LogP contribution in [0, 0.1) is 15.9 Å². The normalized spacial score (nSPS) is 9.86. The Morgan fingerprint density at radius 2 is 2.29 bits per heavy atom. The lowest BCUT2D eigenvalue weighted by Crippen LogP contribution is -2.03. The van der Waals surface area contributed by atoms with E-state index in [0.717, 1.165) is 12.1 Å². The quantitative estimate of drug-likeness (QED) is 0.422. The molecule has 0 atom stereocenters. The Morgan fingerprint density at radius 3 is 2.86 bits per heavy atom. The maximum absolute atomic E-state index is 13.0. The minimum Gasteiger partial charge on any atom is -0.458 e. The van der Waals surface area contributed by atoms with Crippen molar-refractivity contribution in [3.8, 4) is 5.75 Å². The summed E-state index contributed by atoms with van der Waals surface area (Å²) in [5.74, 6) is -1.18. The van der Waals surface area contributed by atoms with Crippen LogP contribution in [0.2, 0.25) is 0 Å². The molecule has 0 aliphatic carbocycles. The summed E-state index contributed by atoms with van der Waals surface area (Å²) in [6, 6.07) is 3.49. The van der Waals surface area contributed by atoms with Crippen LogP contribution >= 0.6 is 0 Å². The lowest BCUT2D eigenvalue weighted by atomic mass is 10.3. The topological polar surface area (TPSA) is 61.6 Å². The predicted octanol–water partition coefficient (Wildman–Crippen LogP) is 1.72. The van der Waals surface area contributed by atoms with Gasteiger partial charge in [0.2, 0.25) is 5.75 Å². The molecule has 76 valence electrons. The number of hydrogen-bond acceptors (Lipinski definition) is 4. The number of rotatable bonds is 4. The summed E-state index contributed by atoms with van der Waals surface area (Å²) < 4.78 is 22.3. The van der Waals surface area contributed by atoms with E-state index in [4.69, 9.17) is 4.74 Å². The predicted molar refractivity (Wildman–Crippen MR) is 45.6 cm³/mol. The summed E-state index contributed by atoms with van der Waals surface area (Å²) >= 11 is 0. The Balaban J connectivity index is 3.02. The van der Waals surface area contributed by atoms with Gasteiger partial charge in [-0.1, -0.05) is 6.07 Å². The second-order valence-electron chi connectivity index (χ2n) is 2.40. The molecule has 0 unspecified atom stereocenters. The van der Waals surface area contributed by atoms with Crippen molar-refractivity contribution in [2.24, 2.45) is 0 Å². The third-order valence-corrected chi connectivity index (χ3v) is 1.46. The number of ether oxygens (including phenoxy) is 2. The number of methoxy groups -OCH3 is 1. The number of hydrogen-bond donors (Lipinski definition) is 0. The molecule has 0 aliphatic rings. The molecule has 0 spiro atoms. The van der Waals surface area contributed by atoms with Crippen LogP contribution in [-0.2, 0) is 4.74 Å². The zero-order valence-corrected chi connectivity index (χ0v) is 7.40. The second kappa shape index (κ2) is 4.52. The van der Waals surface area contributed by atoms with Crippen molar-refractivity contribution in [3.63, 3.8) is 0 Å². The van der Waals surface area contributed by atoms with Gasteiger partial charge in [0.25, 0.3) is 0 Å². The molecule has 0 N–H and O–H groups in total. The zero-order chi connectivity index (χ0) is 10.6. The lowest BCUT2D eigenvalue weighted by molar-refractivity contribution is -0.386. The fourth-order valence-corrected chi connectivity index (χ4v) is 0.902. The maximum Gasteiger partial charge on any atom is 0.314 e. The van der Waals surface area contributed by atoms with E-state index in [0.29, 0.717) is 0 Å². The van der Waals surface area contributed by atoms with Crippen molar-refractivity contribution in [3.05, 3.63) is 34.1 Å². The smallest absolute Gasteiger partial charge is 0.314 e. The average molecular weight is 201 g/mol. The summed E-state index contributed by atoms with van der Waals surface area (Å²) in [7, 11) is 1.34. The van der Waals surface area contributed by atoms with Gasteiger partial charge in [-0.05, 0) is 6.07 Å². The van der Waals surface area contributed by atoms with Crippen LogP contribution in [0.15, 0.2) is 18.2 Å². The Labute approximate surface area is 79.2 Å². The molecule has 0 aliphatic heterocycles. The second-order valence-corrected chi connectivity index (χ2v) is 2.40. The number of nitro groups is 1. The Hall–Kier alpha value is -1.69. The van der Waals surface area contributed by atoms with Crippen molar-refractivity contribution in [2.75, 3.05) is 13.9 Å². The summed E-state index contributed by atoms with van der Waals surface area (Å²) in [6.07, 6.45) is 0. The van der Waals surface area contributed by atoms with Gasteiger partial charge in [0, 0.05) is 13.2 Å². The van der Waals surface area contributed by atoms with Gasteiger partial charge in [0.15, 0.2) is 12.6 Å². The maximum atomic E-state index is 13.0. The number of halogens is 1. The molecule has 5 nitrogen and oxygen atoms in total. The third-order valence-electron chi connectivity index (χ3n) is 1.46. The SMILES string of the molecule is COCOc1c(F)cccc1[N+](=O)[O-]. The van der Waals surface area contributed by atoms with Crippen molar-refractivity contribution in [2.45, 2.75) is 0 Å². The first kappa shape index (κ1) is 10.4. The highest BCUT2D eigenvalue weighted by Crippen LogP contribution is 2.29. The summed E-state index contributed by atoms with van der Waals surface area (Å²) in [5, 5.41) is 10.5. The molecule has 0 heterocycles. The Morgan fingerprint density at radius 1 is 1.57 bits per heavy atom. The van der Waals surface area contributed by atoms with E-state index in [9.17, 15) is 14.5 Å². The van der Waals surface area contributed by atoms with Gasteiger partial charge in [-0.15, -0.1) is 0 Å². The molecular formula is C8H8FNO4. The molecule has 1 rings (SSSR count). The Bertz CT molecular complexity index is 342. The fourth-order valence-electron chi connectivity index (χ4n) is 0.902. The average Bonchev–Trinajstić information content (AvgIpc) is 2.15. The van der Waals surface area contributed by atoms with Gasteiger partial charge in [0.05, 0.1) is 4.92 Å². The number of benzene rings is 1. The van der Waals surface area contributed by atoms with Crippen molar-refractivity contribution in [1.82, 2.24) is 0 Å². The molecule has 0 fully saturated rings. The molecule has 0 radical (unpaired) electrons. The van der Waals surface area contributed by atoms with Gasteiger partial charge >= 0.3 is 5.69 Å². The first-order chi connectivity index (χ1) is 6.66. The van der Waals surface area contributed by atoms with E-state index in [1.165, 1.54) is 13.2 Å². The summed E-state index contributed by atoms with van der Waals surface area (Å²) in [6.45, 7) is -0.234. The molecule has 6 heteroatoms. The molecule has 1 aromatic carbocycles. The Kier molecular flexibility index (Phi) is 3.35. The summed E-state index contributed by atoms with van der Waals surface area (Å²) in [4.78, 5) is 9.74. The van der Waals surface area contributed by atoms with E-state index in [2.05, 4.69) is 4.74 Å². The van der Waals surface area contributed by atoms with E-state index in [1.54, 1.807) is 0 Å². The van der Waals surface area contributed by atoms with Gasteiger partial charge in [-0.2, -0.15) is 0 Å². The van der Waals surface area contributed by atoms with E-state index in [1.807, 2.05) is 0 Å². The number of nitro benzene ring substituents is 1. The van der Waals surface area contributed by atoms with Gasteiger partial charge in [-0.25, -0.2) is 4.39 Å². The monoisotopic (exact) mass is 201 g/mol. The molecule has 14 heavy (non-hydrogen) atoms. The van der Waals surface area contributed by atoms with Crippen molar-refractivity contribution < 1.29 is 18.8 Å². The van der Waals surface area contributed by atoms with Crippen LogP contribution in [0.4, 0.5) is 10.1 Å². The van der Waals surface area contributed by atoms with E-state index < -0.39 is 22.2 Å². The molecule has 0 saturated heterocycles. The van der Waals surface area contributed by atoms with Crippen LogP contribution in [0.3, 0.4) is 0 Å². The fraction of sp³-hybridized carbons (Fsp3) is 0.250. The van der Waals surface area contributed by atoms with E-state index in [-0.39, 0.29) is 6.79 Å². The van der Waals surface area contributed by atoms with Crippen LogP contribution in [0.25, 0.3) is 0 Å². The first-order valence-electron chi connectivity index (χ1n) is 3.71. The molecule has 0 aromatic heterocycles. The standard InChI is InChI=1S/C8H8FNO4/c1-13-5-14-8-6(9)3-2-4-7(8)10(11)12/h2-4H,5H2,1H3. The van der Waals surface area contributed by atoms with Crippen LogP contribution < -0.4 is 4.74 Å². The third kappa shape index (κ3) is 2.17. The van der Waals surface area contributed by atoms with Crippen LogP contribution in [0.5, 0.6) is 5.75 Å². The minimum atomic E-state index is -0.781. The van der Waals surface area contributed by atoms with Gasteiger partial charge in [-0.3, -0.25) is 10.1 Å². The molecule has 0 bridgehead atoms. The van der Waals surface area contributed by atoms with Crippen LogP contribution in [0.1, 0.15) is 0 Å². The highest BCUT2D eigenvalue weighted by Gasteiger charge is 2.18. The summed E-state index contributed by atoms with van der Waals surface area (Å²) in [5.41, 5.74) is -0.415. The molecule has 0 saturated carbocycles. The number of para-hydroxylation sites is 1. The van der Waals surface area contributed by atoms with Gasteiger partial charge < -0.3 is 9.47 Å². The molecular weight excluding hydrogens is 193 g/mol. The highest BCUT2D eigenvalue weighted by molar-refractivity contribution is 5.46. The lowest BCUT2D eigenvalue weighted by Gasteiger charge is -2.05. The number of nitrogens with zero attached hydrogens (tertiary/aromatic N) is 1. The largest absolute Gasteiger partial charge is 0.458 e. The minimum absolute atomic E-state index is 0.234. The molecule has 0 amide bonds. The van der Waals surface area contributed by atoms with Crippen molar-refractivity contribution >= 4 is 5.69 Å². The molecule has 1 aromatic rings. The zero-order valence-electron chi connectivity index (χ0n) is 7.40. The van der Waals surface area contributed by atoms with E-state index >= 15 is 0 Å². The van der Waals surface area contributed by atoms with Gasteiger partial charge in [0.1, 0.15) is 0 Å². The first-order valence-corrected chi connectivity index (χ1v) is 3.71. The van der Waals surface area contributed by atoms with Crippen LogP contribution in [-0.4, -0.2) is 18.8 Å². The van der Waals surface area contributed by atoms with Crippen molar-refractivity contribution in [1.29, 1.82) is 0 Å². The highest BCUT2D eigenvalue weighted by atomic mass is 19.1.